The Bertz CT molecular complexity index is 2690. The molecule has 1 nitrogen and oxygen atoms in total. The van der Waals surface area contributed by atoms with Crippen molar-refractivity contribution < 1.29 is 13.7 Å². The number of nitrogens with zero attached hydrogens (tertiary/aromatic N) is 1. The number of hydrogen-bond donors (Lipinski definition) is 0. The molecule has 0 N–H and O–H groups in total. The Morgan fingerprint density at radius 2 is 1.12 bits per heavy atom. The molecule has 8 rings (SSSR count). The number of fused-ring (bicyclic) bond motifs is 4. The van der Waals surface area contributed by atoms with E-state index in [9.17, 15) is 5.48 Å². The molecule has 6 aromatic rings. The first-order valence-electron chi connectivity index (χ1n) is 21.1. The second kappa shape index (κ2) is 12.0. The zero-order valence-electron chi connectivity index (χ0n) is 38.0. The van der Waals surface area contributed by atoms with E-state index in [1.165, 1.54) is 0 Å². The molecule has 0 amide bonds. The van der Waals surface area contributed by atoms with Crippen molar-refractivity contribution in [3.8, 4) is 22.3 Å². The average molecular weight is 752 g/mol. The molecule has 0 spiro atoms. The summed E-state index contributed by atoms with van der Waals surface area (Å²) in [6, 6.07) is 14.7. The van der Waals surface area contributed by atoms with Crippen LogP contribution in [-0.4, -0.2) is 21.7 Å². The van der Waals surface area contributed by atoms with E-state index in [0.717, 1.165) is 36.6 Å². The van der Waals surface area contributed by atoms with Gasteiger partial charge in [-0.2, -0.15) is 0 Å². The quantitative estimate of drug-likeness (QED) is 0.163. The van der Waals surface area contributed by atoms with Gasteiger partial charge >= 0.3 is 323 Å². The van der Waals surface area contributed by atoms with Gasteiger partial charge in [0.15, 0.2) is 0 Å². The van der Waals surface area contributed by atoms with Crippen molar-refractivity contribution in [2.45, 2.75) is 52.4 Å². The summed E-state index contributed by atoms with van der Waals surface area (Å²) in [4.78, 5) is 1.99. The Hall–Kier alpha value is -3.72. The third kappa shape index (κ3) is 5.66. The van der Waals surface area contributed by atoms with Gasteiger partial charge in [0.1, 0.15) is 0 Å². The molecule has 2 aliphatic heterocycles. The zero-order valence-corrected chi connectivity index (χ0v) is 31.2. The van der Waals surface area contributed by atoms with Gasteiger partial charge in [0.05, 0.1) is 0 Å². The van der Waals surface area contributed by atoms with Crippen molar-refractivity contribution in [2.75, 3.05) is 4.90 Å². The Morgan fingerprint density at radius 3 is 1.69 bits per heavy atom. The van der Waals surface area contributed by atoms with Crippen molar-refractivity contribution in [3.05, 3.63) is 142 Å². The van der Waals surface area contributed by atoms with E-state index in [-0.39, 0.29) is 49.3 Å². The van der Waals surface area contributed by atoms with E-state index >= 15 is 0 Å². The van der Waals surface area contributed by atoms with Gasteiger partial charge < -0.3 is 0 Å². The minimum absolute atomic E-state index is 0.0820. The van der Waals surface area contributed by atoms with Crippen molar-refractivity contribution >= 4 is 87.2 Å². The fourth-order valence-corrected chi connectivity index (χ4v) is 9.92. The molecule has 0 fully saturated rings. The number of hydrogen-bond acceptors (Lipinski definition) is 1. The van der Waals surface area contributed by atoms with Crippen LogP contribution in [0.4, 0.5) is 17.1 Å². The van der Waals surface area contributed by atoms with Crippen LogP contribution < -0.4 is 30.2 Å². The molecule has 0 aromatic heterocycles. The fraction of sp³-hybridized carbons (Fsp3) is 0.182. The van der Waals surface area contributed by atoms with Gasteiger partial charge in [-0.25, -0.2) is 0 Å². The third-order valence-electron chi connectivity index (χ3n) is 9.30. The fourth-order valence-electron chi connectivity index (χ4n) is 6.82. The topological polar surface area (TPSA) is 3.24 Å². The maximum absolute atomic E-state index is 9.33. The Balaban J connectivity index is 1.65. The second-order valence-corrected chi connectivity index (χ2v) is 17.7. The van der Waals surface area contributed by atoms with Crippen LogP contribution in [-0.2, 0) is 10.8 Å². The molecular formula is C44H38BCl2NSe. The monoisotopic (exact) mass is 751 g/mol. The molecule has 0 bridgehead atoms. The van der Waals surface area contributed by atoms with Crippen LogP contribution in [0.2, 0.25) is 10.0 Å². The number of anilines is 3. The van der Waals surface area contributed by atoms with E-state index in [1.54, 1.807) is 0 Å². The van der Waals surface area contributed by atoms with E-state index in [4.69, 9.17) is 31.4 Å². The number of rotatable bonds is 3. The van der Waals surface area contributed by atoms with Crippen LogP contribution in [0, 0.1) is 0 Å². The predicted molar refractivity (Wildman–Crippen MR) is 216 cm³/mol. The molecular weight excluding hydrogens is 703 g/mol. The van der Waals surface area contributed by atoms with E-state index < -0.39 is 65.8 Å². The molecule has 6 aromatic carbocycles. The Labute approximate surface area is 321 Å². The molecule has 0 saturated heterocycles. The van der Waals surface area contributed by atoms with Crippen molar-refractivity contribution in [2.24, 2.45) is 0 Å². The first kappa shape index (κ1) is 22.9. The summed E-state index contributed by atoms with van der Waals surface area (Å²) in [5.41, 5.74) is 5.70. The molecule has 49 heavy (non-hydrogen) atoms. The predicted octanol–water partition coefficient (Wildman–Crippen LogP) is 9.19. The van der Waals surface area contributed by atoms with Crippen LogP contribution in [0.1, 0.15) is 66.4 Å². The second-order valence-electron chi connectivity index (χ2n) is 14.6. The van der Waals surface area contributed by atoms with Crippen LogP contribution in [0.25, 0.3) is 22.3 Å². The summed E-state index contributed by atoms with van der Waals surface area (Å²) >= 11 is 13.4. The van der Waals surface area contributed by atoms with Crippen LogP contribution in [0.3, 0.4) is 0 Å². The molecule has 0 atom stereocenters. The molecule has 2 heterocycles. The van der Waals surface area contributed by atoms with E-state index in [1.807, 2.05) is 68.1 Å². The van der Waals surface area contributed by atoms with Crippen molar-refractivity contribution in [1.82, 2.24) is 0 Å². The van der Waals surface area contributed by atoms with Crippen LogP contribution in [0.15, 0.2) is 121 Å². The third-order valence-corrected chi connectivity index (χ3v) is 12.1. The zero-order chi connectivity index (χ0) is 42.9. The molecule has 0 saturated carbocycles. The summed E-state index contributed by atoms with van der Waals surface area (Å²) in [7, 11) is 0. The van der Waals surface area contributed by atoms with E-state index in [0.29, 0.717) is 27.0 Å². The Kier molecular flexibility index (Phi) is 5.59. The van der Waals surface area contributed by atoms with Gasteiger partial charge in [0, 0.05) is 0 Å². The van der Waals surface area contributed by atoms with Crippen LogP contribution in [0.5, 0.6) is 0 Å². The summed E-state index contributed by atoms with van der Waals surface area (Å²) in [6.45, 7) is 12.0. The molecule has 0 unspecified atom stereocenters. The van der Waals surface area contributed by atoms with Gasteiger partial charge in [0.2, 0.25) is 0 Å². The van der Waals surface area contributed by atoms with Gasteiger partial charge in [-0.05, 0) is 0 Å². The standard InChI is InChI=1S/C44H38BCl2NSe/c1-43(2,3)29-21-33(27-13-9-7-10-14-27)42(34(22-29)28-15-11-8-12-16-28)48-37-25-31(46)17-19-35(37)45-36-20-18-32(47)26-39(36)49-40-24-30(44(4,5)6)23-38(48)41(40)45/h7-26H,1-6H3/i7D,8D,9D,10D,11D,12D,13D,14D,15D,16D. The number of halogens is 2. The molecule has 5 heteroatoms. The summed E-state index contributed by atoms with van der Waals surface area (Å²) < 4.78 is 91.8. The Morgan fingerprint density at radius 1 is 0.592 bits per heavy atom. The van der Waals surface area contributed by atoms with Gasteiger partial charge in [-0.15, -0.1) is 0 Å². The van der Waals surface area contributed by atoms with Gasteiger partial charge in [-0.3, -0.25) is 0 Å². The molecule has 242 valence electrons. The molecule has 2 aliphatic rings. The number of benzene rings is 6. The normalized spacial score (nSPS) is 16.4. The van der Waals surface area contributed by atoms with E-state index in [2.05, 4.69) is 39.0 Å². The van der Waals surface area contributed by atoms with Crippen LogP contribution >= 0.6 is 23.2 Å². The molecule has 0 radical (unpaired) electrons. The average Bonchev–Trinajstić information content (AvgIpc) is 3.17. The first-order chi connectivity index (χ1) is 27.5. The summed E-state index contributed by atoms with van der Waals surface area (Å²) in [5.74, 6) is 0. The van der Waals surface area contributed by atoms with Crippen molar-refractivity contribution in [3.63, 3.8) is 0 Å². The summed E-state index contributed by atoms with van der Waals surface area (Å²) in [5, 5.41) is 1.06. The summed E-state index contributed by atoms with van der Waals surface area (Å²) in [6.07, 6.45) is 0. The van der Waals surface area contributed by atoms with Crippen molar-refractivity contribution in [1.29, 1.82) is 0 Å². The van der Waals surface area contributed by atoms with Gasteiger partial charge in [-0.1, -0.05) is 0 Å². The van der Waals surface area contributed by atoms with Gasteiger partial charge in [0.25, 0.3) is 0 Å². The first-order valence-corrected chi connectivity index (χ1v) is 18.6. The maximum atomic E-state index is 9.33. The molecule has 0 aliphatic carbocycles. The minimum atomic E-state index is -0.615. The SMILES string of the molecule is [2H]c1c([2H])c([2H])c(-c2cc(C(C)(C)C)cc(-c3c([2H])c([2H])c([2H])c([2H])c3[2H])c2N2c3cc(Cl)ccc3B3c4ccc(Cl)cc4[Se]c4cc(C(C)(C)C)cc2c43)c([2H])c1[2H].